The number of hydrogen-bond donors (Lipinski definition) is 0. The van der Waals surface area contributed by atoms with Crippen molar-refractivity contribution >= 4 is 16.8 Å². The fourth-order valence-electron chi connectivity index (χ4n) is 10.8. The van der Waals surface area contributed by atoms with Crippen molar-refractivity contribution in [1.29, 1.82) is 0 Å². The Morgan fingerprint density at radius 1 is 0.660 bits per heavy atom. The first-order chi connectivity index (χ1) is 23.8. The van der Waals surface area contributed by atoms with Gasteiger partial charge in [0.15, 0.2) is 5.60 Å². The van der Waals surface area contributed by atoms with Crippen LogP contribution >= 0.6 is 0 Å². The van der Waals surface area contributed by atoms with Crippen molar-refractivity contribution in [2.45, 2.75) is 84.2 Å². The van der Waals surface area contributed by atoms with Gasteiger partial charge in [0.25, 0.3) is 0 Å². The van der Waals surface area contributed by atoms with E-state index in [1.807, 2.05) is 12.1 Å². The third kappa shape index (κ3) is 4.61. The number of hydrogen-bond acceptors (Lipinski definition) is 3. The molecule has 256 valence electrons. The Hall–Kier alpha value is -4.50. The molecule has 1 aliphatic heterocycles. The molecule has 0 aromatic heterocycles. The molecular weight excluding hydrogens is 613 g/mol. The van der Waals surface area contributed by atoms with E-state index in [0.717, 1.165) is 52.2 Å². The van der Waals surface area contributed by atoms with E-state index in [1.54, 1.807) is 14.2 Å². The molecule has 50 heavy (non-hydrogen) atoms. The average Bonchev–Trinajstić information content (AvgIpc) is 3.09. The van der Waals surface area contributed by atoms with Gasteiger partial charge in [0.2, 0.25) is 0 Å². The number of ether oxygens (including phenoxy) is 3. The zero-order chi connectivity index (χ0) is 35.3. The minimum Gasteiger partial charge on any atom is -0.497 e. The first-order valence-electron chi connectivity index (χ1n) is 18.1. The van der Waals surface area contributed by atoms with E-state index in [1.165, 1.54) is 39.6 Å². The fraction of sp³-hybridized carbons (Fsp3) is 0.362. The number of aryl methyl sites for hydroxylation is 1. The van der Waals surface area contributed by atoms with E-state index >= 15 is 0 Å². The molecule has 3 heteroatoms. The summed E-state index contributed by atoms with van der Waals surface area (Å²) in [5, 5.41) is 2.31. The second-order valence-electron chi connectivity index (χ2n) is 17.2. The van der Waals surface area contributed by atoms with Crippen molar-refractivity contribution in [3.05, 3.63) is 130 Å². The van der Waals surface area contributed by atoms with Crippen LogP contribution in [0.3, 0.4) is 0 Å². The molecule has 0 saturated heterocycles. The maximum Gasteiger partial charge on any atom is 0.178 e. The topological polar surface area (TPSA) is 27.7 Å². The van der Waals surface area contributed by atoms with E-state index in [4.69, 9.17) is 14.2 Å². The van der Waals surface area contributed by atoms with Crippen LogP contribution < -0.4 is 14.2 Å². The number of benzene rings is 5. The van der Waals surface area contributed by atoms with Crippen molar-refractivity contribution in [3.63, 3.8) is 0 Å². The van der Waals surface area contributed by atoms with Crippen molar-refractivity contribution in [1.82, 2.24) is 0 Å². The molecule has 5 aromatic carbocycles. The van der Waals surface area contributed by atoms with Crippen LogP contribution in [0, 0.1) is 17.8 Å². The van der Waals surface area contributed by atoms with Crippen LogP contribution in [0.5, 0.6) is 17.2 Å². The molecule has 1 saturated carbocycles. The van der Waals surface area contributed by atoms with Crippen LogP contribution in [-0.4, -0.2) is 14.2 Å². The molecule has 5 aromatic rings. The smallest absolute Gasteiger partial charge is 0.178 e. The summed E-state index contributed by atoms with van der Waals surface area (Å²) < 4.78 is 19.3. The van der Waals surface area contributed by atoms with Gasteiger partial charge in [0.1, 0.15) is 17.2 Å². The highest BCUT2D eigenvalue weighted by atomic mass is 16.5. The van der Waals surface area contributed by atoms with Gasteiger partial charge in [-0.15, -0.1) is 0 Å². The predicted octanol–water partition coefficient (Wildman–Crippen LogP) is 11.9. The normalized spacial score (nSPS) is 21.9. The van der Waals surface area contributed by atoms with E-state index in [-0.39, 0.29) is 21.7 Å². The quantitative estimate of drug-likeness (QED) is 0.192. The van der Waals surface area contributed by atoms with Crippen LogP contribution in [0.4, 0.5) is 0 Å². The van der Waals surface area contributed by atoms with Gasteiger partial charge in [-0.2, -0.15) is 0 Å². The lowest BCUT2D eigenvalue weighted by molar-refractivity contribution is 0.00586. The van der Waals surface area contributed by atoms with Crippen LogP contribution in [0.2, 0.25) is 0 Å². The molecule has 3 nitrogen and oxygen atoms in total. The molecule has 0 radical (unpaired) electrons. The van der Waals surface area contributed by atoms with Crippen LogP contribution in [-0.2, 0) is 16.4 Å². The van der Waals surface area contributed by atoms with E-state index in [0.29, 0.717) is 0 Å². The Kier molecular flexibility index (Phi) is 7.19. The van der Waals surface area contributed by atoms with Crippen LogP contribution in [0.15, 0.2) is 97.1 Å². The van der Waals surface area contributed by atoms with Gasteiger partial charge in [0.05, 0.1) is 14.2 Å². The third-order valence-electron chi connectivity index (χ3n) is 12.3. The van der Waals surface area contributed by atoms with Gasteiger partial charge < -0.3 is 14.2 Å². The Bertz CT molecular complexity index is 2150. The lowest BCUT2D eigenvalue weighted by Crippen LogP contribution is -2.56. The molecule has 0 N–H and O–H groups in total. The van der Waals surface area contributed by atoms with Crippen molar-refractivity contribution < 1.29 is 14.2 Å². The maximum atomic E-state index is 7.69. The molecule has 0 bridgehead atoms. The van der Waals surface area contributed by atoms with Crippen molar-refractivity contribution in [2.75, 3.05) is 14.2 Å². The van der Waals surface area contributed by atoms with E-state index in [2.05, 4.69) is 139 Å². The summed E-state index contributed by atoms with van der Waals surface area (Å²) in [6, 6.07) is 32.7. The van der Waals surface area contributed by atoms with Gasteiger partial charge in [-0.25, -0.2) is 0 Å². The molecule has 1 atom stereocenters. The van der Waals surface area contributed by atoms with Crippen LogP contribution in [0.1, 0.15) is 94.2 Å². The minimum atomic E-state index is -0.847. The molecule has 3 aliphatic rings. The SMILES string of the molecule is COc1ccc(C2(c3ccccc3)C=Cc3c4c(c5cc(C)c(OC)cc5c3O2)-c2ccccc2C(C)(C)C42CC(C)(C)CC(C)(C)C2)cc1. The van der Waals surface area contributed by atoms with Gasteiger partial charge in [-0.3, -0.25) is 0 Å². The standard InChI is InChI=1S/C47H50O3/c1-30-25-36-37(26-39(30)49-9)42-35(23-24-47(50-42,31-15-11-10-12-16-31)32-19-21-33(48-8)22-20-32)41-40(36)34-17-13-14-18-38(34)45(6,7)46(41)28-43(2,3)27-44(4,5)29-46/h10-26H,27-29H2,1-9H3. The lowest BCUT2D eigenvalue weighted by atomic mass is 9.42. The monoisotopic (exact) mass is 662 g/mol. The summed E-state index contributed by atoms with van der Waals surface area (Å²) in [5.41, 5.74) is 9.21. The number of rotatable bonds is 4. The van der Waals surface area contributed by atoms with Crippen molar-refractivity contribution in [3.8, 4) is 28.4 Å². The highest BCUT2D eigenvalue weighted by Crippen LogP contribution is 2.69. The Labute approximate surface area is 298 Å². The largest absolute Gasteiger partial charge is 0.497 e. The molecular formula is C47H50O3. The zero-order valence-electron chi connectivity index (χ0n) is 31.2. The highest BCUT2D eigenvalue weighted by Gasteiger charge is 2.60. The van der Waals surface area contributed by atoms with Gasteiger partial charge in [0, 0.05) is 32.9 Å². The predicted molar refractivity (Wildman–Crippen MR) is 207 cm³/mol. The summed E-state index contributed by atoms with van der Waals surface area (Å²) in [4.78, 5) is 0. The molecule has 0 amide bonds. The number of methoxy groups -OCH3 is 2. The molecule has 1 spiro atoms. The first kappa shape index (κ1) is 32.7. The molecule has 2 aliphatic carbocycles. The zero-order valence-corrected chi connectivity index (χ0v) is 31.2. The second kappa shape index (κ2) is 11.0. The first-order valence-corrected chi connectivity index (χ1v) is 18.1. The van der Waals surface area contributed by atoms with Crippen molar-refractivity contribution in [2.24, 2.45) is 10.8 Å². The molecule has 1 unspecified atom stereocenters. The number of fused-ring (bicyclic) bond motifs is 9. The van der Waals surface area contributed by atoms with Gasteiger partial charge in [-0.1, -0.05) is 114 Å². The van der Waals surface area contributed by atoms with Gasteiger partial charge >= 0.3 is 0 Å². The molecule has 8 rings (SSSR count). The Morgan fingerprint density at radius 3 is 1.96 bits per heavy atom. The Morgan fingerprint density at radius 2 is 1.30 bits per heavy atom. The maximum absolute atomic E-state index is 7.69. The molecule has 1 heterocycles. The summed E-state index contributed by atoms with van der Waals surface area (Å²) >= 11 is 0. The fourth-order valence-corrected chi connectivity index (χ4v) is 10.8. The van der Waals surface area contributed by atoms with Gasteiger partial charge in [-0.05, 0) is 101 Å². The highest BCUT2D eigenvalue weighted by molar-refractivity contribution is 6.08. The third-order valence-corrected chi connectivity index (χ3v) is 12.3. The van der Waals surface area contributed by atoms with E-state index in [9.17, 15) is 0 Å². The lowest BCUT2D eigenvalue weighted by Gasteiger charge is -2.62. The summed E-state index contributed by atoms with van der Waals surface area (Å²) in [6.07, 6.45) is 8.11. The second-order valence-corrected chi connectivity index (χ2v) is 17.2. The summed E-state index contributed by atoms with van der Waals surface area (Å²) in [7, 11) is 3.48. The molecule has 1 fully saturated rings. The van der Waals surface area contributed by atoms with E-state index < -0.39 is 5.60 Å². The minimum absolute atomic E-state index is 0.133. The van der Waals surface area contributed by atoms with Crippen LogP contribution in [0.25, 0.3) is 28.0 Å². The Balaban J connectivity index is 1.54. The average molecular weight is 663 g/mol. The summed E-state index contributed by atoms with van der Waals surface area (Å²) in [6.45, 7) is 17.2. The summed E-state index contributed by atoms with van der Waals surface area (Å²) in [5.74, 6) is 2.61.